The van der Waals surface area contributed by atoms with Crippen LogP contribution >= 0.6 is 0 Å². The highest BCUT2D eigenvalue weighted by atomic mass is 19.1. The minimum absolute atomic E-state index is 0.0270. The van der Waals surface area contributed by atoms with E-state index in [1.807, 2.05) is 6.92 Å². The molecule has 0 amide bonds. The molecular formula is C14H12FN3O. The highest BCUT2D eigenvalue weighted by Crippen LogP contribution is 2.27. The lowest BCUT2D eigenvalue weighted by molar-refractivity contribution is 0.447. The Bertz CT molecular complexity index is 635. The van der Waals surface area contributed by atoms with E-state index in [0.29, 0.717) is 5.88 Å². The molecule has 5 heteroatoms. The average Bonchev–Trinajstić information content (AvgIpc) is 2.39. The minimum Gasteiger partial charge on any atom is -0.439 e. The summed E-state index contributed by atoms with van der Waals surface area (Å²) in [6.45, 7) is 1.81. The SMILES string of the molecule is C[C@H](N)c1cccnc1Oc1ccc(C#N)c(F)c1. The summed E-state index contributed by atoms with van der Waals surface area (Å²) in [5.74, 6) is -0.0167. The van der Waals surface area contributed by atoms with Gasteiger partial charge in [-0.25, -0.2) is 9.37 Å². The van der Waals surface area contributed by atoms with E-state index in [4.69, 9.17) is 15.7 Å². The zero-order chi connectivity index (χ0) is 13.8. The van der Waals surface area contributed by atoms with Crippen LogP contribution in [0.25, 0.3) is 0 Å². The lowest BCUT2D eigenvalue weighted by Crippen LogP contribution is -2.07. The number of pyridine rings is 1. The summed E-state index contributed by atoms with van der Waals surface area (Å²) in [6, 6.07) is 9.09. The summed E-state index contributed by atoms with van der Waals surface area (Å²) in [7, 11) is 0. The van der Waals surface area contributed by atoms with Gasteiger partial charge < -0.3 is 10.5 Å². The Morgan fingerprint density at radius 3 is 2.84 bits per heavy atom. The van der Waals surface area contributed by atoms with Gasteiger partial charge in [0.15, 0.2) is 0 Å². The van der Waals surface area contributed by atoms with Gasteiger partial charge in [-0.05, 0) is 25.1 Å². The number of ether oxygens (including phenoxy) is 1. The number of nitrogens with two attached hydrogens (primary N) is 1. The van der Waals surface area contributed by atoms with E-state index in [-0.39, 0.29) is 17.4 Å². The van der Waals surface area contributed by atoms with Crippen molar-refractivity contribution in [2.75, 3.05) is 0 Å². The molecule has 1 aromatic heterocycles. The Balaban J connectivity index is 2.32. The van der Waals surface area contributed by atoms with Crippen molar-refractivity contribution in [1.82, 2.24) is 4.98 Å². The number of benzene rings is 1. The maximum atomic E-state index is 13.5. The van der Waals surface area contributed by atoms with Gasteiger partial charge in [0.1, 0.15) is 17.6 Å². The second-order valence-corrected chi connectivity index (χ2v) is 4.04. The van der Waals surface area contributed by atoms with Gasteiger partial charge in [-0.3, -0.25) is 0 Å². The first kappa shape index (κ1) is 13.0. The Labute approximate surface area is 110 Å². The zero-order valence-corrected chi connectivity index (χ0v) is 10.3. The lowest BCUT2D eigenvalue weighted by atomic mass is 10.1. The molecule has 2 aromatic rings. The number of nitrogens with zero attached hydrogens (tertiary/aromatic N) is 2. The highest BCUT2D eigenvalue weighted by molar-refractivity contribution is 5.39. The standard InChI is InChI=1S/C14H12FN3O/c1-9(17)12-3-2-6-18-14(12)19-11-5-4-10(8-16)13(15)7-11/h2-7,9H,17H2,1H3/t9-/m0/s1. The summed E-state index contributed by atoms with van der Waals surface area (Å²) in [5, 5.41) is 8.66. The monoisotopic (exact) mass is 257 g/mol. The van der Waals surface area contributed by atoms with Crippen LogP contribution in [0.4, 0.5) is 4.39 Å². The maximum absolute atomic E-state index is 13.5. The van der Waals surface area contributed by atoms with Gasteiger partial charge >= 0.3 is 0 Å². The first-order valence-corrected chi connectivity index (χ1v) is 5.70. The molecule has 0 saturated heterocycles. The number of rotatable bonds is 3. The van der Waals surface area contributed by atoms with Crippen LogP contribution < -0.4 is 10.5 Å². The Kier molecular flexibility index (Phi) is 3.74. The highest BCUT2D eigenvalue weighted by Gasteiger charge is 2.11. The summed E-state index contributed by atoms with van der Waals surface area (Å²) in [6.07, 6.45) is 1.57. The van der Waals surface area contributed by atoms with Crippen LogP contribution in [0.15, 0.2) is 36.5 Å². The van der Waals surface area contributed by atoms with Crippen molar-refractivity contribution in [2.45, 2.75) is 13.0 Å². The summed E-state index contributed by atoms with van der Waals surface area (Å²) in [5.41, 5.74) is 6.51. The van der Waals surface area contributed by atoms with Gasteiger partial charge in [0.2, 0.25) is 5.88 Å². The number of aromatic nitrogens is 1. The van der Waals surface area contributed by atoms with Crippen molar-refractivity contribution in [2.24, 2.45) is 5.73 Å². The first-order valence-electron chi connectivity index (χ1n) is 5.70. The maximum Gasteiger partial charge on any atom is 0.223 e. The van der Waals surface area contributed by atoms with Gasteiger partial charge in [0, 0.05) is 23.9 Å². The normalized spacial score (nSPS) is 11.7. The molecule has 0 unspecified atom stereocenters. The molecule has 0 aliphatic heterocycles. The van der Waals surface area contributed by atoms with E-state index in [2.05, 4.69) is 4.98 Å². The van der Waals surface area contributed by atoms with Gasteiger partial charge in [0.05, 0.1) is 5.56 Å². The van der Waals surface area contributed by atoms with Crippen LogP contribution in [0.2, 0.25) is 0 Å². The van der Waals surface area contributed by atoms with Gasteiger partial charge in [-0.1, -0.05) is 6.07 Å². The number of hydrogen-bond donors (Lipinski definition) is 1. The fourth-order valence-electron chi connectivity index (χ4n) is 1.60. The predicted octanol–water partition coefficient (Wildman–Crippen LogP) is 2.90. The molecular weight excluding hydrogens is 245 g/mol. The smallest absolute Gasteiger partial charge is 0.223 e. The van der Waals surface area contributed by atoms with Crippen LogP contribution in [0.1, 0.15) is 24.1 Å². The molecule has 19 heavy (non-hydrogen) atoms. The van der Waals surface area contributed by atoms with E-state index >= 15 is 0 Å². The molecule has 2 rings (SSSR count). The minimum atomic E-state index is -0.627. The van der Waals surface area contributed by atoms with Crippen LogP contribution in [0, 0.1) is 17.1 Å². The number of halogens is 1. The van der Waals surface area contributed by atoms with Crippen molar-refractivity contribution in [1.29, 1.82) is 5.26 Å². The first-order chi connectivity index (χ1) is 9.11. The molecule has 0 aliphatic carbocycles. The molecule has 0 radical (unpaired) electrons. The Morgan fingerprint density at radius 1 is 1.42 bits per heavy atom. The average molecular weight is 257 g/mol. The van der Waals surface area contributed by atoms with Crippen molar-refractivity contribution in [3.05, 3.63) is 53.5 Å². The third-order valence-electron chi connectivity index (χ3n) is 2.57. The van der Waals surface area contributed by atoms with E-state index in [1.165, 1.54) is 12.1 Å². The molecule has 0 spiro atoms. The van der Waals surface area contributed by atoms with E-state index in [0.717, 1.165) is 11.6 Å². The molecule has 4 nitrogen and oxygen atoms in total. The number of nitriles is 1. The topological polar surface area (TPSA) is 71.9 Å². The quantitative estimate of drug-likeness (QED) is 0.917. The van der Waals surface area contributed by atoms with E-state index in [1.54, 1.807) is 24.4 Å². The van der Waals surface area contributed by atoms with Crippen LogP contribution in [-0.4, -0.2) is 4.98 Å². The summed E-state index contributed by atoms with van der Waals surface area (Å²) in [4.78, 5) is 4.08. The molecule has 0 fully saturated rings. The molecule has 0 bridgehead atoms. The van der Waals surface area contributed by atoms with Crippen LogP contribution in [0.5, 0.6) is 11.6 Å². The van der Waals surface area contributed by atoms with Crippen LogP contribution in [-0.2, 0) is 0 Å². The molecule has 1 heterocycles. The zero-order valence-electron chi connectivity index (χ0n) is 10.3. The third-order valence-corrected chi connectivity index (χ3v) is 2.57. The van der Waals surface area contributed by atoms with Crippen molar-refractivity contribution in [3.63, 3.8) is 0 Å². The molecule has 1 aromatic carbocycles. The second-order valence-electron chi connectivity index (χ2n) is 4.04. The van der Waals surface area contributed by atoms with Crippen molar-refractivity contribution >= 4 is 0 Å². The van der Waals surface area contributed by atoms with Gasteiger partial charge in [0.25, 0.3) is 0 Å². The third kappa shape index (κ3) is 2.87. The molecule has 1 atom stereocenters. The van der Waals surface area contributed by atoms with E-state index < -0.39 is 5.82 Å². The molecule has 96 valence electrons. The summed E-state index contributed by atoms with van der Waals surface area (Å²) < 4.78 is 19.0. The predicted molar refractivity (Wildman–Crippen MR) is 68.0 cm³/mol. The van der Waals surface area contributed by atoms with Crippen LogP contribution in [0.3, 0.4) is 0 Å². The lowest BCUT2D eigenvalue weighted by Gasteiger charge is -2.12. The number of hydrogen-bond acceptors (Lipinski definition) is 4. The Hall–Kier alpha value is -2.45. The van der Waals surface area contributed by atoms with Gasteiger partial charge in [-0.2, -0.15) is 5.26 Å². The van der Waals surface area contributed by atoms with Gasteiger partial charge in [-0.15, -0.1) is 0 Å². The summed E-state index contributed by atoms with van der Waals surface area (Å²) >= 11 is 0. The van der Waals surface area contributed by atoms with E-state index in [9.17, 15) is 4.39 Å². The fourth-order valence-corrected chi connectivity index (χ4v) is 1.60. The largest absolute Gasteiger partial charge is 0.439 e. The van der Waals surface area contributed by atoms with Crippen molar-refractivity contribution in [3.8, 4) is 17.7 Å². The Morgan fingerprint density at radius 2 is 2.21 bits per heavy atom. The fraction of sp³-hybridized carbons (Fsp3) is 0.143. The second kappa shape index (κ2) is 5.46. The van der Waals surface area contributed by atoms with Crippen molar-refractivity contribution < 1.29 is 9.13 Å². The molecule has 0 saturated carbocycles. The molecule has 2 N–H and O–H groups in total. The molecule has 0 aliphatic rings.